The summed E-state index contributed by atoms with van der Waals surface area (Å²) in [7, 11) is 0. The summed E-state index contributed by atoms with van der Waals surface area (Å²) in [6, 6.07) is 23.5. The molecule has 1 saturated heterocycles. The van der Waals surface area contributed by atoms with Gasteiger partial charge < -0.3 is 15.0 Å². The number of nitrogens with zero attached hydrogens (tertiary/aromatic N) is 2. The van der Waals surface area contributed by atoms with Crippen LogP contribution in [0.3, 0.4) is 0 Å². The quantitative estimate of drug-likeness (QED) is 0.671. The number of hydrogen-bond donors (Lipinski definition) is 1. The van der Waals surface area contributed by atoms with E-state index in [9.17, 15) is 9.59 Å². The third kappa shape index (κ3) is 3.97. The molecular weight excluding hydrogens is 390 g/mol. The van der Waals surface area contributed by atoms with Gasteiger partial charge in [-0.1, -0.05) is 36.4 Å². The molecule has 1 fully saturated rings. The smallest absolute Gasteiger partial charge is 0.414 e. The van der Waals surface area contributed by atoms with E-state index in [1.54, 1.807) is 24.3 Å². The van der Waals surface area contributed by atoms with Crippen LogP contribution in [-0.4, -0.2) is 31.7 Å². The first-order valence-corrected chi connectivity index (χ1v) is 10.4. The van der Waals surface area contributed by atoms with E-state index < -0.39 is 0 Å². The van der Waals surface area contributed by atoms with Crippen molar-refractivity contribution in [3.8, 4) is 0 Å². The van der Waals surface area contributed by atoms with Gasteiger partial charge in [0.25, 0.3) is 5.91 Å². The number of ether oxygens (including phenoxy) is 1. The van der Waals surface area contributed by atoms with Crippen molar-refractivity contribution in [2.24, 2.45) is 0 Å². The predicted molar refractivity (Wildman–Crippen MR) is 121 cm³/mol. The second-order valence-electron chi connectivity index (χ2n) is 7.77. The monoisotopic (exact) mass is 413 g/mol. The van der Waals surface area contributed by atoms with Crippen molar-refractivity contribution >= 4 is 29.1 Å². The van der Waals surface area contributed by atoms with Crippen LogP contribution in [-0.2, 0) is 17.7 Å². The van der Waals surface area contributed by atoms with Gasteiger partial charge in [0, 0.05) is 35.7 Å². The summed E-state index contributed by atoms with van der Waals surface area (Å²) in [5.74, 6) is -0.212. The fourth-order valence-electron chi connectivity index (χ4n) is 4.13. The highest BCUT2D eigenvalue weighted by molar-refractivity contribution is 6.05. The molecule has 0 spiro atoms. The van der Waals surface area contributed by atoms with Gasteiger partial charge in [-0.25, -0.2) is 4.79 Å². The number of para-hydroxylation sites is 1. The van der Waals surface area contributed by atoms with E-state index in [0.29, 0.717) is 24.4 Å². The minimum atomic E-state index is -0.381. The summed E-state index contributed by atoms with van der Waals surface area (Å²) in [5.41, 5.74) is 5.80. The molecule has 2 heterocycles. The van der Waals surface area contributed by atoms with E-state index in [-0.39, 0.29) is 12.0 Å². The molecule has 0 aliphatic carbocycles. The molecule has 1 N–H and O–H groups in total. The average Bonchev–Trinajstić information content (AvgIpc) is 3.41. The van der Waals surface area contributed by atoms with Gasteiger partial charge in [-0.3, -0.25) is 9.69 Å². The molecule has 156 valence electrons. The van der Waals surface area contributed by atoms with Crippen LogP contribution in [0.25, 0.3) is 0 Å². The third-order valence-corrected chi connectivity index (χ3v) is 5.75. The van der Waals surface area contributed by atoms with Gasteiger partial charge in [0.1, 0.15) is 6.61 Å². The number of amides is 2. The van der Waals surface area contributed by atoms with Crippen molar-refractivity contribution in [1.82, 2.24) is 0 Å². The lowest BCUT2D eigenvalue weighted by Gasteiger charge is -2.19. The number of cyclic esters (lactones) is 1. The average molecular weight is 413 g/mol. The van der Waals surface area contributed by atoms with E-state index in [1.165, 1.54) is 21.7 Å². The second-order valence-corrected chi connectivity index (χ2v) is 7.77. The first-order chi connectivity index (χ1) is 15.2. The fraction of sp³-hybridized carbons (Fsp3) is 0.200. The molecule has 31 heavy (non-hydrogen) atoms. The van der Waals surface area contributed by atoms with Crippen LogP contribution in [0.2, 0.25) is 0 Å². The molecule has 6 nitrogen and oxygen atoms in total. The zero-order chi connectivity index (χ0) is 21.2. The highest BCUT2D eigenvalue weighted by Crippen LogP contribution is 2.29. The molecule has 5 rings (SSSR count). The van der Waals surface area contributed by atoms with Gasteiger partial charge in [-0.2, -0.15) is 0 Å². The van der Waals surface area contributed by atoms with Crippen LogP contribution < -0.4 is 15.1 Å². The van der Waals surface area contributed by atoms with E-state index in [4.69, 9.17) is 4.74 Å². The lowest BCUT2D eigenvalue weighted by molar-refractivity contribution is 0.102. The SMILES string of the molecule is O=C(Nc1ccc(CN2CCc3ccccc32)cc1)c1cccc(N2CCOC2=O)c1. The van der Waals surface area contributed by atoms with E-state index >= 15 is 0 Å². The van der Waals surface area contributed by atoms with Crippen molar-refractivity contribution in [2.45, 2.75) is 13.0 Å². The second kappa shape index (κ2) is 8.14. The van der Waals surface area contributed by atoms with Gasteiger partial charge in [0.15, 0.2) is 0 Å². The number of nitrogens with one attached hydrogen (secondary N) is 1. The maximum atomic E-state index is 12.7. The van der Waals surface area contributed by atoms with Crippen LogP contribution in [0.4, 0.5) is 21.9 Å². The van der Waals surface area contributed by atoms with Crippen molar-refractivity contribution < 1.29 is 14.3 Å². The van der Waals surface area contributed by atoms with Crippen molar-refractivity contribution in [1.29, 1.82) is 0 Å². The molecule has 0 atom stereocenters. The van der Waals surface area contributed by atoms with Crippen molar-refractivity contribution in [2.75, 3.05) is 34.8 Å². The minimum absolute atomic E-state index is 0.212. The van der Waals surface area contributed by atoms with E-state index in [2.05, 4.69) is 34.5 Å². The zero-order valence-corrected chi connectivity index (χ0v) is 17.1. The maximum absolute atomic E-state index is 12.7. The number of benzene rings is 3. The maximum Gasteiger partial charge on any atom is 0.414 e. The normalized spacial score (nSPS) is 15.0. The van der Waals surface area contributed by atoms with Crippen LogP contribution in [0, 0.1) is 0 Å². The standard InChI is InChI=1S/C25H23N3O3/c29-24(20-5-3-6-22(16-20)28-14-15-31-25(28)30)26-21-10-8-18(9-11-21)17-27-13-12-19-4-1-2-7-23(19)27/h1-11,16H,12-15,17H2,(H,26,29). The summed E-state index contributed by atoms with van der Waals surface area (Å²) in [6.45, 7) is 2.73. The largest absolute Gasteiger partial charge is 0.447 e. The minimum Gasteiger partial charge on any atom is -0.447 e. The zero-order valence-electron chi connectivity index (χ0n) is 17.1. The Bertz CT molecular complexity index is 1130. The molecule has 2 amide bonds. The first kappa shape index (κ1) is 19.2. The molecule has 3 aromatic carbocycles. The topological polar surface area (TPSA) is 61.9 Å². The Labute approximate surface area is 181 Å². The first-order valence-electron chi connectivity index (χ1n) is 10.4. The summed E-state index contributed by atoms with van der Waals surface area (Å²) < 4.78 is 4.98. The van der Waals surface area contributed by atoms with Gasteiger partial charge in [0.05, 0.1) is 6.54 Å². The Kier molecular flexibility index (Phi) is 5.04. The number of carbonyl (C=O) groups is 2. The number of fused-ring (bicyclic) bond motifs is 1. The molecule has 0 radical (unpaired) electrons. The molecular formula is C25H23N3O3. The van der Waals surface area contributed by atoms with Crippen LogP contribution in [0.15, 0.2) is 72.8 Å². The molecule has 2 aliphatic rings. The predicted octanol–water partition coefficient (Wildman–Crippen LogP) is 4.46. The van der Waals surface area contributed by atoms with Crippen LogP contribution in [0.1, 0.15) is 21.5 Å². The Morgan fingerprint density at radius 1 is 0.968 bits per heavy atom. The van der Waals surface area contributed by atoms with Gasteiger partial charge in [0.2, 0.25) is 0 Å². The Morgan fingerprint density at radius 3 is 2.61 bits per heavy atom. The number of anilines is 3. The number of hydrogen-bond acceptors (Lipinski definition) is 4. The lowest BCUT2D eigenvalue weighted by atomic mass is 10.1. The highest BCUT2D eigenvalue weighted by atomic mass is 16.6. The molecule has 0 unspecified atom stereocenters. The van der Waals surface area contributed by atoms with Crippen molar-refractivity contribution in [3.63, 3.8) is 0 Å². The Morgan fingerprint density at radius 2 is 1.81 bits per heavy atom. The van der Waals surface area contributed by atoms with Gasteiger partial charge in [-0.05, 0) is 53.9 Å². The van der Waals surface area contributed by atoms with Gasteiger partial charge >= 0.3 is 6.09 Å². The summed E-state index contributed by atoms with van der Waals surface area (Å²) >= 11 is 0. The molecule has 2 aliphatic heterocycles. The lowest BCUT2D eigenvalue weighted by Crippen LogP contribution is -2.23. The summed E-state index contributed by atoms with van der Waals surface area (Å²) in [4.78, 5) is 28.4. The van der Waals surface area contributed by atoms with Crippen LogP contribution in [0.5, 0.6) is 0 Å². The fourth-order valence-corrected chi connectivity index (χ4v) is 4.13. The summed E-state index contributed by atoms with van der Waals surface area (Å²) in [6.07, 6.45) is 0.701. The number of carbonyl (C=O) groups excluding carboxylic acids is 2. The van der Waals surface area contributed by atoms with E-state index in [0.717, 1.165) is 25.2 Å². The molecule has 0 bridgehead atoms. The van der Waals surface area contributed by atoms with Crippen molar-refractivity contribution in [3.05, 3.63) is 89.5 Å². The molecule has 6 heteroatoms. The molecule has 0 saturated carbocycles. The Balaban J connectivity index is 1.24. The summed E-state index contributed by atoms with van der Waals surface area (Å²) in [5, 5.41) is 2.94. The Hall–Kier alpha value is -3.80. The third-order valence-electron chi connectivity index (χ3n) is 5.75. The van der Waals surface area contributed by atoms with Crippen LogP contribution >= 0.6 is 0 Å². The van der Waals surface area contributed by atoms with Gasteiger partial charge in [-0.15, -0.1) is 0 Å². The van der Waals surface area contributed by atoms with E-state index in [1.807, 2.05) is 24.3 Å². The highest BCUT2D eigenvalue weighted by Gasteiger charge is 2.24. The number of rotatable bonds is 5. The molecule has 3 aromatic rings. The molecule has 0 aromatic heterocycles.